The van der Waals surface area contributed by atoms with Crippen molar-refractivity contribution in [2.75, 3.05) is 39.5 Å². The Morgan fingerprint density at radius 3 is 2.88 bits per heavy atom. The van der Waals surface area contributed by atoms with Crippen LogP contribution >= 0.6 is 0 Å². The van der Waals surface area contributed by atoms with Crippen molar-refractivity contribution in [3.63, 3.8) is 0 Å². The summed E-state index contributed by atoms with van der Waals surface area (Å²) in [4.78, 5) is 2.29. The van der Waals surface area contributed by atoms with Gasteiger partial charge in [0.1, 0.15) is 0 Å². The third-order valence-corrected chi connectivity index (χ3v) is 2.93. The highest BCUT2D eigenvalue weighted by atomic mass is 16.7. The second-order valence-corrected chi connectivity index (χ2v) is 4.18. The van der Waals surface area contributed by atoms with Gasteiger partial charge in [-0.15, -0.1) is 0 Å². The van der Waals surface area contributed by atoms with E-state index in [1.165, 1.54) is 6.42 Å². The van der Waals surface area contributed by atoms with Crippen LogP contribution in [0.15, 0.2) is 0 Å². The molecule has 1 N–H and O–H groups in total. The standard InChI is InChI=1S/C12H25NO3/c1-2-13(7-5-9-14)8-11-16-12-6-3-4-10-15-12/h12,14H,2-11H2,1H3. The van der Waals surface area contributed by atoms with Crippen LogP contribution in [0.4, 0.5) is 0 Å². The van der Waals surface area contributed by atoms with E-state index in [1.807, 2.05) is 0 Å². The third kappa shape index (κ3) is 5.80. The van der Waals surface area contributed by atoms with Crippen molar-refractivity contribution < 1.29 is 14.6 Å². The van der Waals surface area contributed by atoms with E-state index < -0.39 is 0 Å². The molecule has 1 unspecified atom stereocenters. The number of aliphatic hydroxyl groups is 1. The first kappa shape index (κ1) is 13.9. The lowest BCUT2D eigenvalue weighted by Crippen LogP contribution is -2.31. The molecule has 0 aromatic carbocycles. The fourth-order valence-corrected chi connectivity index (χ4v) is 1.88. The minimum atomic E-state index is 0.0188. The van der Waals surface area contributed by atoms with Crippen LogP contribution < -0.4 is 0 Å². The maximum Gasteiger partial charge on any atom is 0.157 e. The van der Waals surface area contributed by atoms with Gasteiger partial charge < -0.3 is 19.5 Å². The largest absolute Gasteiger partial charge is 0.396 e. The van der Waals surface area contributed by atoms with Crippen LogP contribution in [0.3, 0.4) is 0 Å². The summed E-state index contributed by atoms with van der Waals surface area (Å²) in [5.41, 5.74) is 0. The van der Waals surface area contributed by atoms with Crippen LogP contribution in [-0.4, -0.2) is 55.8 Å². The number of hydrogen-bond acceptors (Lipinski definition) is 4. The molecule has 0 radical (unpaired) electrons. The van der Waals surface area contributed by atoms with E-state index in [-0.39, 0.29) is 12.9 Å². The SMILES string of the molecule is CCN(CCCO)CCOC1CCCCO1. The summed E-state index contributed by atoms with van der Waals surface area (Å²) in [6.07, 6.45) is 4.27. The number of ether oxygens (including phenoxy) is 2. The number of likely N-dealkylation sites (N-methyl/N-ethyl adjacent to an activating group) is 1. The molecule has 0 amide bonds. The van der Waals surface area contributed by atoms with Crippen molar-refractivity contribution in [3.05, 3.63) is 0 Å². The molecule has 16 heavy (non-hydrogen) atoms. The molecular formula is C12H25NO3. The topological polar surface area (TPSA) is 41.9 Å². The highest BCUT2D eigenvalue weighted by Gasteiger charge is 2.14. The summed E-state index contributed by atoms with van der Waals surface area (Å²) in [5.74, 6) is 0. The van der Waals surface area contributed by atoms with E-state index in [1.54, 1.807) is 0 Å². The molecule has 1 aliphatic rings. The molecule has 1 heterocycles. The lowest BCUT2D eigenvalue weighted by atomic mass is 10.2. The molecule has 1 rings (SSSR count). The zero-order chi connectivity index (χ0) is 11.6. The molecule has 1 atom stereocenters. The predicted octanol–water partition coefficient (Wildman–Crippen LogP) is 1.23. The maximum atomic E-state index is 8.76. The quantitative estimate of drug-likeness (QED) is 0.682. The minimum Gasteiger partial charge on any atom is -0.396 e. The van der Waals surface area contributed by atoms with Gasteiger partial charge in [0.25, 0.3) is 0 Å². The van der Waals surface area contributed by atoms with Crippen molar-refractivity contribution in [2.45, 2.75) is 38.9 Å². The Bertz CT molecular complexity index is 160. The summed E-state index contributed by atoms with van der Waals surface area (Å²) < 4.78 is 11.2. The molecule has 1 aliphatic heterocycles. The molecule has 0 bridgehead atoms. The van der Waals surface area contributed by atoms with Gasteiger partial charge in [0.2, 0.25) is 0 Å². The van der Waals surface area contributed by atoms with Crippen molar-refractivity contribution in [1.82, 2.24) is 4.90 Å². The zero-order valence-corrected chi connectivity index (χ0v) is 10.4. The number of hydrogen-bond donors (Lipinski definition) is 1. The second-order valence-electron chi connectivity index (χ2n) is 4.18. The van der Waals surface area contributed by atoms with E-state index in [4.69, 9.17) is 14.6 Å². The smallest absolute Gasteiger partial charge is 0.157 e. The minimum absolute atomic E-state index is 0.0188. The molecular weight excluding hydrogens is 206 g/mol. The van der Waals surface area contributed by atoms with E-state index >= 15 is 0 Å². The molecule has 1 fully saturated rings. The van der Waals surface area contributed by atoms with Gasteiger partial charge in [-0.05, 0) is 32.2 Å². The van der Waals surface area contributed by atoms with E-state index in [2.05, 4.69) is 11.8 Å². The monoisotopic (exact) mass is 231 g/mol. The highest BCUT2D eigenvalue weighted by Crippen LogP contribution is 2.13. The number of aliphatic hydroxyl groups excluding tert-OH is 1. The highest BCUT2D eigenvalue weighted by molar-refractivity contribution is 4.57. The molecule has 4 heteroatoms. The Morgan fingerprint density at radius 2 is 2.25 bits per heavy atom. The van der Waals surface area contributed by atoms with Gasteiger partial charge in [0.05, 0.1) is 6.61 Å². The summed E-state index contributed by atoms with van der Waals surface area (Å²) in [7, 11) is 0. The number of nitrogens with zero attached hydrogens (tertiary/aromatic N) is 1. The molecule has 0 aliphatic carbocycles. The van der Waals surface area contributed by atoms with Crippen LogP contribution in [0.25, 0.3) is 0 Å². The maximum absolute atomic E-state index is 8.76. The summed E-state index contributed by atoms with van der Waals surface area (Å²) in [6.45, 7) is 6.85. The van der Waals surface area contributed by atoms with Crippen LogP contribution in [-0.2, 0) is 9.47 Å². The van der Waals surface area contributed by atoms with Crippen LogP contribution in [0.2, 0.25) is 0 Å². The Labute approximate surface area is 98.5 Å². The van der Waals surface area contributed by atoms with E-state index in [9.17, 15) is 0 Å². The first-order chi connectivity index (χ1) is 7.86. The average molecular weight is 231 g/mol. The lowest BCUT2D eigenvalue weighted by Gasteiger charge is -2.25. The van der Waals surface area contributed by atoms with E-state index in [0.29, 0.717) is 0 Å². The summed E-state index contributed by atoms with van der Waals surface area (Å²) >= 11 is 0. The van der Waals surface area contributed by atoms with Crippen LogP contribution in [0.5, 0.6) is 0 Å². The Morgan fingerprint density at radius 1 is 1.38 bits per heavy atom. The molecule has 0 aromatic heterocycles. The van der Waals surface area contributed by atoms with Gasteiger partial charge in [0.15, 0.2) is 6.29 Å². The van der Waals surface area contributed by atoms with Gasteiger partial charge in [-0.2, -0.15) is 0 Å². The summed E-state index contributed by atoms with van der Waals surface area (Å²) in [5, 5.41) is 8.76. The molecule has 96 valence electrons. The normalized spacial score (nSPS) is 21.6. The van der Waals surface area contributed by atoms with Crippen molar-refractivity contribution in [1.29, 1.82) is 0 Å². The van der Waals surface area contributed by atoms with Gasteiger partial charge in [-0.1, -0.05) is 6.92 Å². The third-order valence-electron chi connectivity index (χ3n) is 2.93. The average Bonchev–Trinajstić information content (AvgIpc) is 2.35. The number of rotatable bonds is 8. The Kier molecular flexibility index (Phi) is 7.76. The van der Waals surface area contributed by atoms with Gasteiger partial charge >= 0.3 is 0 Å². The molecule has 0 spiro atoms. The lowest BCUT2D eigenvalue weighted by molar-refractivity contribution is -0.164. The van der Waals surface area contributed by atoms with Crippen molar-refractivity contribution in [3.8, 4) is 0 Å². The summed E-state index contributed by atoms with van der Waals surface area (Å²) in [6, 6.07) is 0. The predicted molar refractivity (Wildman–Crippen MR) is 63.4 cm³/mol. The first-order valence-corrected chi connectivity index (χ1v) is 6.43. The van der Waals surface area contributed by atoms with Gasteiger partial charge in [-0.3, -0.25) is 0 Å². The van der Waals surface area contributed by atoms with Crippen molar-refractivity contribution in [2.24, 2.45) is 0 Å². The molecule has 0 saturated carbocycles. The van der Waals surface area contributed by atoms with Crippen LogP contribution in [0.1, 0.15) is 32.6 Å². The second kappa shape index (κ2) is 8.93. The Balaban J connectivity index is 2.02. The van der Waals surface area contributed by atoms with Crippen molar-refractivity contribution >= 4 is 0 Å². The Hall–Kier alpha value is -0.160. The fraction of sp³-hybridized carbons (Fsp3) is 1.00. The van der Waals surface area contributed by atoms with Gasteiger partial charge in [0, 0.05) is 26.3 Å². The molecule has 4 nitrogen and oxygen atoms in total. The van der Waals surface area contributed by atoms with Gasteiger partial charge in [-0.25, -0.2) is 0 Å². The molecule has 0 aromatic rings. The molecule has 1 saturated heterocycles. The zero-order valence-electron chi connectivity index (χ0n) is 10.4. The fourth-order valence-electron chi connectivity index (χ4n) is 1.88. The van der Waals surface area contributed by atoms with E-state index in [0.717, 1.165) is 52.1 Å². The first-order valence-electron chi connectivity index (χ1n) is 6.43. The van der Waals surface area contributed by atoms with Crippen LogP contribution in [0, 0.1) is 0 Å².